The van der Waals surface area contributed by atoms with Crippen LogP contribution in [0.2, 0.25) is 10.0 Å². The van der Waals surface area contributed by atoms with Crippen LogP contribution in [0, 0.1) is 0 Å². The first-order valence-corrected chi connectivity index (χ1v) is 10.8. The maximum absolute atomic E-state index is 12.4. The van der Waals surface area contributed by atoms with Gasteiger partial charge in [0, 0.05) is 23.1 Å². The molecule has 30 heavy (non-hydrogen) atoms. The number of anilines is 2. The molecule has 0 aliphatic heterocycles. The molecule has 0 saturated heterocycles. The lowest BCUT2D eigenvalue weighted by atomic mass is 10.3. The summed E-state index contributed by atoms with van der Waals surface area (Å²) < 4.78 is 32.6. The first-order chi connectivity index (χ1) is 14.2. The molecular weight excluding hydrogens is 451 g/mol. The van der Waals surface area contributed by atoms with Gasteiger partial charge in [-0.15, -0.1) is 0 Å². The van der Waals surface area contributed by atoms with Crippen molar-refractivity contribution in [3.05, 3.63) is 71.0 Å². The van der Waals surface area contributed by atoms with E-state index >= 15 is 0 Å². The smallest absolute Gasteiger partial charge is 0.265 e. The lowest BCUT2D eigenvalue weighted by molar-refractivity contribution is -0.122. The predicted octanol–water partition coefficient (Wildman–Crippen LogP) is 3.99. The van der Waals surface area contributed by atoms with Gasteiger partial charge in [-0.1, -0.05) is 23.2 Å². The Balaban J connectivity index is 1.64. The summed E-state index contributed by atoms with van der Waals surface area (Å²) in [4.78, 5) is 20.0. The molecule has 0 fully saturated rings. The van der Waals surface area contributed by atoms with E-state index in [1.54, 1.807) is 25.1 Å². The molecule has 0 bridgehead atoms. The standard InChI is InChI=1S/C19H16Cl2N4O4S/c1-12(29-17-8-3-13(20)11-16(17)21)18(26)24-14-4-6-15(7-5-14)30(27,28)25-19-22-9-2-10-23-19/h2-12H,1H3,(H,24,26)(H,22,23,25). The second-order valence-electron chi connectivity index (χ2n) is 6.03. The Morgan fingerprint density at radius 2 is 1.73 bits per heavy atom. The summed E-state index contributed by atoms with van der Waals surface area (Å²) in [5.41, 5.74) is 0.396. The van der Waals surface area contributed by atoms with Gasteiger partial charge in [0.15, 0.2) is 6.10 Å². The first kappa shape index (κ1) is 21.8. The molecule has 11 heteroatoms. The molecule has 0 spiro atoms. The Morgan fingerprint density at radius 1 is 1.07 bits per heavy atom. The highest BCUT2D eigenvalue weighted by atomic mass is 35.5. The predicted molar refractivity (Wildman–Crippen MR) is 114 cm³/mol. The summed E-state index contributed by atoms with van der Waals surface area (Å²) in [5, 5.41) is 3.38. The molecule has 1 unspecified atom stereocenters. The average Bonchev–Trinajstić information content (AvgIpc) is 2.71. The van der Waals surface area contributed by atoms with Gasteiger partial charge in [0.1, 0.15) is 5.75 Å². The number of rotatable bonds is 7. The molecule has 156 valence electrons. The zero-order valence-electron chi connectivity index (χ0n) is 15.5. The van der Waals surface area contributed by atoms with Gasteiger partial charge in [0.25, 0.3) is 15.9 Å². The molecule has 0 aliphatic carbocycles. The summed E-state index contributed by atoms with van der Waals surface area (Å²) in [6, 6.07) is 11.9. The van der Waals surface area contributed by atoms with Crippen molar-refractivity contribution in [1.29, 1.82) is 0 Å². The largest absolute Gasteiger partial charge is 0.479 e. The van der Waals surface area contributed by atoms with Gasteiger partial charge < -0.3 is 10.1 Å². The maximum atomic E-state index is 12.4. The molecule has 8 nitrogen and oxygen atoms in total. The van der Waals surface area contributed by atoms with Gasteiger partial charge in [-0.3, -0.25) is 4.79 Å². The number of sulfonamides is 1. The lowest BCUT2D eigenvalue weighted by Crippen LogP contribution is -2.30. The van der Waals surface area contributed by atoms with Crippen molar-refractivity contribution in [2.45, 2.75) is 17.9 Å². The minimum absolute atomic E-state index is 0.00908. The van der Waals surface area contributed by atoms with E-state index in [0.29, 0.717) is 16.5 Å². The van der Waals surface area contributed by atoms with Crippen molar-refractivity contribution in [2.24, 2.45) is 0 Å². The van der Waals surface area contributed by atoms with Crippen LogP contribution in [0.1, 0.15) is 6.92 Å². The van der Waals surface area contributed by atoms with Crippen LogP contribution in [0.3, 0.4) is 0 Å². The maximum Gasteiger partial charge on any atom is 0.265 e. The van der Waals surface area contributed by atoms with Gasteiger partial charge in [0.2, 0.25) is 5.95 Å². The number of hydrogen-bond donors (Lipinski definition) is 2. The van der Waals surface area contributed by atoms with Gasteiger partial charge in [-0.05, 0) is 55.5 Å². The second-order valence-corrected chi connectivity index (χ2v) is 8.55. The molecule has 2 aromatic carbocycles. The zero-order valence-corrected chi connectivity index (χ0v) is 17.9. The van der Waals surface area contributed by atoms with Crippen molar-refractivity contribution < 1.29 is 17.9 Å². The van der Waals surface area contributed by atoms with Crippen molar-refractivity contribution in [1.82, 2.24) is 9.97 Å². The SMILES string of the molecule is CC(Oc1ccc(Cl)cc1Cl)C(=O)Nc1ccc(S(=O)(=O)Nc2ncccn2)cc1. The molecule has 1 aromatic heterocycles. The number of benzene rings is 2. The molecule has 2 N–H and O–H groups in total. The van der Waals surface area contributed by atoms with E-state index in [1.165, 1.54) is 42.7 Å². The van der Waals surface area contributed by atoms with E-state index in [4.69, 9.17) is 27.9 Å². The number of ether oxygens (including phenoxy) is 1. The summed E-state index contributed by atoms with van der Waals surface area (Å²) in [5.74, 6) is -0.159. The number of carbonyl (C=O) groups is 1. The van der Waals surface area contributed by atoms with Gasteiger partial charge in [-0.2, -0.15) is 0 Å². The minimum atomic E-state index is -3.86. The van der Waals surface area contributed by atoms with E-state index in [9.17, 15) is 13.2 Å². The van der Waals surface area contributed by atoms with E-state index < -0.39 is 22.0 Å². The summed E-state index contributed by atoms with van der Waals surface area (Å²) in [6.45, 7) is 1.56. The number of carbonyl (C=O) groups excluding carboxylic acids is 1. The molecule has 0 aliphatic rings. The Morgan fingerprint density at radius 3 is 2.37 bits per heavy atom. The molecule has 3 rings (SSSR count). The molecular formula is C19H16Cl2N4O4S. The third kappa shape index (κ3) is 5.59. The quantitative estimate of drug-likeness (QED) is 0.544. The molecule has 0 radical (unpaired) electrons. The third-order valence-corrected chi connectivity index (χ3v) is 5.67. The van der Waals surface area contributed by atoms with E-state index in [0.717, 1.165) is 0 Å². The second kappa shape index (κ2) is 9.29. The van der Waals surface area contributed by atoms with E-state index in [-0.39, 0.29) is 15.9 Å². The van der Waals surface area contributed by atoms with Crippen LogP contribution in [0.5, 0.6) is 5.75 Å². The normalized spacial score (nSPS) is 12.1. The van der Waals surface area contributed by atoms with Crippen molar-refractivity contribution in [3.8, 4) is 5.75 Å². The van der Waals surface area contributed by atoms with Crippen LogP contribution in [-0.4, -0.2) is 30.4 Å². The van der Waals surface area contributed by atoms with Crippen LogP contribution in [0.4, 0.5) is 11.6 Å². The number of amides is 1. The highest BCUT2D eigenvalue weighted by Crippen LogP contribution is 2.28. The molecule has 1 heterocycles. The van der Waals surface area contributed by atoms with Gasteiger partial charge in [0.05, 0.1) is 9.92 Å². The highest BCUT2D eigenvalue weighted by Gasteiger charge is 2.18. The highest BCUT2D eigenvalue weighted by molar-refractivity contribution is 7.92. The molecule has 3 aromatic rings. The zero-order chi connectivity index (χ0) is 21.7. The average molecular weight is 467 g/mol. The minimum Gasteiger partial charge on any atom is -0.479 e. The number of aromatic nitrogens is 2. The summed E-state index contributed by atoms with van der Waals surface area (Å²) >= 11 is 11.9. The van der Waals surface area contributed by atoms with Crippen LogP contribution in [0.15, 0.2) is 65.8 Å². The van der Waals surface area contributed by atoms with Crippen LogP contribution >= 0.6 is 23.2 Å². The van der Waals surface area contributed by atoms with Gasteiger partial charge >= 0.3 is 0 Å². The Labute approximate surface area is 183 Å². The molecule has 1 atom stereocenters. The third-order valence-electron chi connectivity index (χ3n) is 3.79. The number of nitrogens with one attached hydrogen (secondary N) is 2. The topological polar surface area (TPSA) is 110 Å². The van der Waals surface area contributed by atoms with Crippen LogP contribution in [0.25, 0.3) is 0 Å². The van der Waals surface area contributed by atoms with Crippen molar-refractivity contribution in [3.63, 3.8) is 0 Å². The Hall–Kier alpha value is -2.88. The molecule has 1 amide bonds. The number of halogens is 2. The lowest BCUT2D eigenvalue weighted by Gasteiger charge is -2.16. The van der Waals surface area contributed by atoms with Crippen LogP contribution in [-0.2, 0) is 14.8 Å². The fraction of sp³-hybridized carbons (Fsp3) is 0.105. The number of nitrogens with zero attached hydrogens (tertiary/aromatic N) is 2. The molecule has 0 saturated carbocycles. The fourth-order valence-corrected chi connectivity index (χ4v) is 3.72. The van der Waals surface area contributed by atoms with Crippen LogP contribution < -0.4 is 14.8 Å². The van der Waals surface area contributed by atoms with Crippen molar-refractivity contribution >= 4 is 50.8 Å². The monoisotopic (exact) mass is 466 g/mol. The Kier molecular flexibility index (Phi) is 6.76. The van der Waals surface area contributed by atoms with E-state index in [2.05, 4.69) is 20.0 Å². The summed E-state index contributed by atoms with van der Waals surface area (Å²) in [7, 11) is -3.86. The Bertz CT molecular complexity index is 1140. The fourth-order valence-electron chi connectivity index (χ4n) is 2.31. The van der Waals surface area contributed by atoms with Crippen molar-refractivity contribution in [2.75, 3.05) is 10.0 Å². The summed E-state index contributed by atoms with van der Waals surface area (Å²) in [6.07, 6.45) is 1.98. The van der Waals surface area contributed by atoms with E-state index in [1.807, 2.05) is 0 Å². The van der Waals surface area contributed by atoms with Gasteiger partial charge in [-0.25, -0.2) is 23.1 Å². The number of hydrogen-bond acceptors (Lipinski definition) is 6. The first-order valence-electron chi connectivity index (χ1n) is 8.57.